The van der Waals surface area contributed by atoms with Gasteiger partial charge in [0, 0.05) is 26.2 Å². The Bertz CT molecular complexity index is 665. The number of sulfonamides is 1. The van der Waals surface area contributed by atoms with Gasteiger partial charge in [-0.25, -0.2) is 8.42 Å². The van der Waals surface area contributed by atoms with Crippen LogP contribution in [-0.4, -0.2) is 55.8 Å². The van der Waals surface area contributed by atoms with E-state index >= 15 is 0 Å². The average molecular weight is 325 g/mol. The summed E-state index contributed by atoms with van der Waals surface area (Å²) < 4.78 is 26.8. The van der Waals surface area contributed by atoms with Gasteiger partial charge in [0.25, 0.3) is 0 Å². The molecule has 2 N–H and O–H groups in total. The molecule has 0 spiro atoms. The largest absolute Gasteiger partial charge is 0.368 e. The Morgan fingerprint density at radius 2 is 1.73 bits per heavy atom. The lowest BCUT2D eigenvalue weighted by Gasteiger charge is -2.36. The smallest absolute Gasteiger partial charge is 0.243 e. The third-order valence-electron chi connectivity index (χ3n) is 4.35. The second kappa shape index (κ2) is 6.36. The summed E-state index contributed by atoms with van der Waals surface area (Å²) >= 11 is 0. The normalized spacial score (nSPS) is 19.0. The first-order valence-electron chi connectivity index (χ1n) is 7.34. The fraction of sp³-hybridized carbons (Fsp3) is 0.533. The minimum Gasteiger partial charge on any atom is -0.368 e. The van der Waals surface area contributed by atoms with Gasteiger partial charge >= 0.3 is 0 Å². The molecule has 6 nitrogen and oxygen atoms in total. The zero-order valence-electron chi connectivity index (χ0n) is 13.2. The molecule has 1 heterocycles. The van der Waals surface area contributed by atoms with Crippen molar-refractivity contribution in [2.45, 2.75) is 31.7 Å². The van der Waals surface area contributed by atoms with Gasteiger partial charge < -0.3 is 5.73 Å². The molecule has 1 atom stereocenters. The molecule has 1 saturated heterocycles. The summed E-state index contributed by atoms with van der Waals surface area (Å²) in [6.07, 6.45) is 0. The fourth-order valence-corrected chi connectivity index (χ4v) is 4.04. The van der Waals surface area contributed by atoms with Gasteiger partial charge in [0.05, 0.1) is 10.9 Å². The summed E-state index contributed by atoms with van der Waals surface area (Å²) in [4.78, 5) is 13.5. The predicted octanol–water partition coefficient (Wildman–Crippen LogP) is 0.484. The number of piperazine rings is 1. The van der Waals surface area contributed by atoms with Crippen LogP contribution in [0, 0.1) is 13.8 Å². The summed E-state index contributed by atoms with van der Waals surface area (Å²) in [7, 11) is -3.48. The summed E-state index contributed by atoms with van der Waals surface area (Å²) in [5.41, 5.74) is 7.33. The topological polar surface area (TPSA) is 83.7 Å². The van der Waals surface area contributed by atoms with Crippen LogP contribution in [0.1, 0.15) is 18.1 Å². The lowest BCUT2D eigenvalue weighted by molar-refractivity contribution is -0.123. The molecule has 1 aromatic carbocycles. The van der Waals surface area contributed by atoms with Crippen LogP contribution in [0.4, 0.5) is 0 Å². The van der Waals surface area contributed by atoms with Gasteiger partial charge in [-0.15, -0.1) is 0 Å². The van der Waals surface area contributed by atoms with Crippen LogP contribution in [0.3, 0.4) is 0 Å². The van der Waals surface area contributed by atoms with E-state index in [0.717, 1.165) is 11.1 Å². The van der Waals surface area contributed by atoms with Crippen molar-refractivity contribution < 1.29 is 13.2 Å². The van der Waals surface area contributed by atoms with Crippen molar-refractivity contribution in [1.82, 2.24) is 9.21 Å². The number of hydrogen-bond acceptors (Lipinski definition) is 4. The highest BCUT2D eigenvalue weighted by Crippen LogP contribution is 2.20. The van der Waals surface area contributed by atoms with Gasteiger partial charge in [-0.05, 0) is 44.0 Å². The molecule has 0 saturated carbocycles. The molecule has 1 fully saturated rings. The quantitative estimate of drug-likeness (QED) is 0.873. The van der Waals surface area contributed by atoms with Crippen LogP contribution >= 0.6 is 0 Å². The predicted molar refractivity (Wildman–Crippen MR) is 84.9 cm³/mol. The number of hydrogen-bond donors (Lipinski definition) is 1. The first kappa shape index (κ1) is 16.9. The molecule has 1 aromatic rings. The average Bonchev–Trinajstić information content (AvgIpc) is 2.49. The van der Waals surface area contributed by atoms with Crippen LogP contribution in [0.2, 0.25) is 0 Å². The Hall–Kier alpha value is -1.44. The van der Waals surface area contributed by atoms with Gasteiger partial charge in [-0.2, -0.15) is 4.31 Å². The maximum atomic E-state index is 12.7. The third kappa shape index (κ3) is 3.31. The van der Waals surface area contributed by atoms with Crippen LogP contribution in [0.15, 0.2) is 23.1 Å². The van der Waals surface area contributed by atoms with Crippen molar-refractivity contribution in [1.29, 1.82) is 0 Å². The lowest BCUT2D eigenvalue weighted by atomic mass is 10.1. The van der Waals surface area contributed by atoms with Crippen molar-refractivity contribution in [2.24, 2.45) is 5.73 Å². The van der Waals surface area contributed by atoms with Crippen LogP contribution in [-0.2, 0) is 14.8 Å². The number of carbonyl (C=O) groups excluding carboxylic acids is 1. The van der Waals surface area contributed by atoms with Crippen molar-refractivity contribution in [3.05, 3.63) is 29.3 Å². The highest BCUT2D eigenvalue weighted by Gasteiger charge is 2.31. The van der Waals surface area contributed by atoms with Gasteiger partial charge in [-0.1, -0.05) is 6.07 Å². The van der Waals surface area contributed by atoms with E-state index in [1.54, 1.807) is 19.1 Å². The molecule has 0 aliphatic carbocycles. The van der Waals surface area contributed by atoms with Crippen molar-refractivity contribution in [3.8, 4) is 0 Å². The molecule has 0 radical (unpaired) electrons. The Morgan fingerprint density at radius 1 is 1.14 bits per heavy atom. The SMILES string of the molecule is Cc1ccc(S(=O)(=O)N2CCN(C(C)C(N)=O)CC2)cc1C. The Kier molecular flexibility index (Phi) is 4.89. The number of primary amides is 1. The minimum absolute atomic E-state index is 0.326. The van der Waals surface area contributed by atoms with E-state index in [1.807, 2.05) is 24.8 Å². The van der Waals surface area contributed by atoms with E-state index in [9.17, 15) is 13.2 Å². The minimum atomic E-state index is -3.48. The van der Waals surface area contributed by atoms with Crippen LogP contribution < -0.4 is 5.73 Å². The van der Waals surface area contributed by atoms with E-state index in [2.05, 4.69) is 0 Å². The highest BCUT2D eigenvalue weighted by atomic mass is 32.2. The molecule has 1 amide bonds. The molecule has 7 heteroatoms. The number of carbonyl (C=O) groups is 1. The maximum absolute atomic E-state index is 12.7. The van der Waals surface area contributed by atoms with E-state index in [4.69, 9.17) is 5.73 Å². The molecule has 1 aliphatic rings. The Labute approximate surface area is 131 Å². The number of nitrogens with two attached hydrogens (primary N) is 1. The number of aryl methyl sites for hydroxylation is 2. The second-order valence-corrected chi connectivity index (χ2v) is 7.70. The van der Waals surface area contributed by atoms with Crippen molar-refractivity contribution in [3.63, 3.8) is 0 Å². The lowest BCUT2D eigenvalue weighted by Crippen LogP contribution is -2.54. The van der Waals surface area contributed by atoms with Crippen LogP contribution in [0.25, 0.3) is 0 Å². The molecular weight excluding hydrogens is 302 g/mol. The van der Waals surface area contributed by atoms with E-state index in [1.165, 1.54) is 4.31 Å². The van der Waals surface area contributed by atoms with E-state index < -0.39 is 10.0 Å². The van der Waals surface area contributed by atoms with Crippen molar-refractivity contribution >= 4 is 15.9 Å². The zero-order chi connectivity index (χ0) is 16.5. The highest BCUT2D eigenvalue weighted by molar-refractivity contribution is 7.89. The van der Waals surface area contributed by atoms with E-state index in [0.29, 0.717) is 31.1 Å². The zero-order valence-corrected chi connectivity index (χ0v) is 14.1. The first-order valence-corrected chi connectivity index (χ1v) is 8.78. The number of rotatable bonds is 4. The molecule has 22 heavy (non-hydrogen) atoms. The van der Waals surface area contributed by atoms with Gasteiger partial charge in [0.2, 0.25) is 15.9 Å². The second-order valence-electron chi connectivity index (χ2n) is 5.76. The van der Waals surface area contributed by atoms with E-state index in [-0.39, 0.29) is 11.9 Å². The summed E-state index contributed by atoms with van der Waals surface area (Å²) in [6, 6.07) is 4.82. The first-order chi connectivity index (χ1) is 10.2. The Morgan fingerprint density at radius 3 is 2.23 bits per heavy atom. The molecule has 0 aromatic heterocycles. The number of benzene rings is 1. The molecule has 122 valence electrons. The number of nitrogens with zero attached hydrogens (tertiary/aromatic N) is 2. The molecular formula is C15H23N3O3S. The van der Waals surface area contributed by atoms with Crippen LogP contribution in [0.5, 0.6) is 0 Å². The molecule has 2 rings (SSSR count). The fourth-order valence-electron chi connectivity index (χ4n) is 2.53. The third-order valence-corrected chi connectivity index (χ3v) is 6.24. The standard InChI is InChI=1S/C15H23N3O3S/c1-11-4-5-14(10-12(11)2)22(20,21)18-8-6-17(7-9-18)13(3)15(16)19/h4-5,10,13H,6-9H2,1-3H3,(H2,16,19). The summed E-state index contributed by atoms with van der Waals surface area (Å²) in [5.74, 6) is -0.384. The van der Waals surface area contributed by atoms with Gasteiger partial charge in [-0.3, -0.25) is 9.69 Å². The Balaban J connectivity index is 2.12. The summed E-state index contributed by atoms with van der Waals surface area (Å²) in [5, 5.41) is 0. The van der Waals surface area contributed by atoms with Gasteiger partial charge in [0.15, 0.2) is 0 Å². The molecule has 0 bridgehead atoms. The summed E-state index contributed by atoms with van der Waals surface area (Å²) in [6.45, 7) is 7.36. The van der Waals surface area contributed by atoms with Crippen molar-refractivity contribution in [2.75, 3.05) is 26.2 Å². The monoisotopic (exact) mass is 325 g/mol. The molecule has 1 aliphatic heterocycles. The molecule has 1 unspecified atom stereocenters. The van der Waals surface area contributed by atoms with Gasteiger partial charge in [0.1, 0.15) is 0 Å². The number of amides is 1. The maximum Gasteiger partial charge on any atom is 0.243 e.